The maximum atomic E-state index is 13.5. The topological polar surface area (TPSA) is 92.4 Å². The van der Waals surface area contributed by atoms with Gasteiger partial charge in [-0.3, -0.25) is 4.79 Å². The van der Waals surface area contributed by atoms with Crippen molar-refractivity contribution in [2.75, 3.05) is 5.32 Å². The first kappa shape index (κ1) is 13.9. The van der Waals surface area contributed by atoms with E-state index < -0.39 is 23.7 Å². The highest BCUT2D eigenvalue weighted by molar-refractivity contribution is 5.95. The van der Waals surface area contributed by atoms with E-state index in [1.165, 1.54) is 18.2 Å². The molecule has 0 aliphatic heterocycles. The molecule has 0 spiro atoms. The molecule has 1 amide bonds. The minimum atomic E-state index is -1.24. The number of amides is 1. The molecule has 0 saturated carbocycles. The fourth-order valence-electron chi connectivity index (χ4n) is 1.26. The van der Waals surface area contributed by atoms with Crippen LogP contribution in [0.4, 0.5) is 10.1 Å². The quantitative estimate of drug-likeness (QED) is 0.690. The van der Waals surface area contributed by atoms with Gasteiger partial charge in [-0.05, 0) is 24.6 Å². The van der Waals surface area contributed by atoms with Crippen molar-refractivity contribution in [3.05, 3.63) is 42.2 Å². The van der Waals surface area contributed by atoms with Crippen LogP contribution >= 0.6 is 0 Å². The summed E-state index contributed by atoms with van der Waals surface area (Å²) in [5.41, 5.74) is 5.20. The molecule has 0 aromatic heterocycles. The number of carbonyl (C=O) groups is 2. The van der Waals surface area contributed by atoms with Crippen LogP contribution in [0.15, 0.2) is 30.9 Å². The van der Waals surface area contributed by atoms with Gasteiger partial charge in [0.2, 0.25) is 5.91 Å². The molecule has 0 radical (unpaired) electrons. The molecular formula is C12H13FN2O3. The number of carboxylic acids is 1. The van der Waals surface area contributed by atoms with Crippen LogP contribution < -0.4 is 11.1 Å². The lowest BCUT2D eigenvalue weighted by molar-refractivity contribution is -0.117. The number of carbonyl (C=O) groups excluding carboxylic acids is 1. The van der Waals surface area contributed by atoms with E-state index in [0.29, 0.717) is 0 Å². The molecule has 0 bridgehead atoms. The number of hydrogen-bond donors (Lipinski definition) is 3. The zero-order valence-electron chi connectivity index (χ0n) is 9.52. The van der Waals surface area contributed by atoms with Gasteiger partial charge in [-0.1, -0.05) is 6.08 Å². The van der Waals surface area contributed by atoms with E-state index in [-0.39, 0.29) is 17.7 Å². The van der Waals surface area contributed by atoms with Gasteiger partial charge in [0.15, 0.2) is 0 Å². The second-order valence-electron chi connectivity index (χ2n) is 3.62. The smallest absolute Gasteiger partial charge is 0.335 e. The van der Waals surface area contributed by atoms with E-state index in [2.05, 4.69) is 11.9 Å². The predicted molar refractivity (Wildman–Crippen MR) is 64.8 cm³/mol. The molecule has 96 valence electrons. The van der Waals surface area contributed by atoms with Crippen LogP contribution in [-0.4, -0.2) is 23.0 Å². The number of hydrogen-bond acceptors (Lipinski definition) is 3. The van der Waals surface area contributed by atoms with Crippen molar-refractivity contribution in [1.82, 2.24) is 0 Å². The number of benzene rings is 1. The number of aromatic carboxylic acids is 1. The number of halogens is 1. The monoisotopic (exact) mass is 252 g/mol. The molecule has 1 aromatic rings. The number of anilines is 1. The first-order chi connectivity index (χ1) is 8.45. The molecule has 0 heterocycles. The van der Waals surface area contributed by atoms with Crippen LogP contribution in [-0.2, 0) is 4.79 Å². The molecule has 1 aromatic carbocycles. The Morgan fingerprint density at radius 2 is 2.22 bits per heavy atom. The highest BCUT2D eigenvalue weighted by Crippen LogP contribution is 2.16. The van der Waals surface area contributed by atoms with Gasteiger partial charge in [-0.25, -0.2) is 9.18 Å². The Hall–Kier alpha value is -2.21. The normalized spacial score (nSPS) is 11.7. The molecule has 1 rings (SSSR count). The summed E-state index contributed by atoms with van der Waals surface area (Å²) in [6.07, 6.45) is 1.74. The molecule has 18 heavy (non-hydrogen) atoms. The molecular weight excluding hydrogens is 239 g/mol. The average Bonchev–Trinajstić information content (AvgIpc) is 2.31. The first-order valence-corrected chi connectivity index (χ1v) is 5.16. The first-order valence-electron chi connectivity index (χ1n) is 5.16. The highest BCUT2D eigenvalue weighted by Gasteiger charge is 2.15. The van der Waals surface area contributed by atoms with Crippen LogP contribution in [0.25, 0.3) is 0 Å². The van der Waals surface area contributed by atoms with Gasteiger partial charge in [-0.15, -0.1) is 6.58 Å². The molecule has 1 atom stereocenters. The Labute approximate surface area is 103 Å². The highest BCUT2D eigenvalue weighted by atomic mass is 19.1. The van der Waals surface area contributed by atoms with Crippen LogP contribution in [0, 0.1) is 5.82 Å². The van der Waals surface area contributed by atoms with Gasteiger partial charge >= 0.3 is 5.97 Å². The second kappa shape index (κ2) is 5.92. The van der Waals surface area contributed by atoms with Crippen LogP contribution in [0.1, 0.15) is 16.8 Å². The van der Waals surface area contributed by atoms with Crippen molar-refractivity contribution in [2.45, 2.75) is 12.5 Å². The fraction of sp³-hybridized carbons (Fsp3) is 0.167. The zero-order valence-corrected chi connectivity index (χ0v) is 9.52. The third kappa shape index (κ3) is 3.39. The summed E-state index contributed by atoms with van der Waals surface area (Å²) in [6, 6.07) is 2.38. The van der Waals surface area contributed by atoms with E-state index in [4.69, 9.17) is 10.8 Å². The van der Waals surface area contributed by atoms with Crippen LogP contribution in [0.5, 0.6) is 0 Å². The van der Waals surface area contributed by atoms with Gasteiger partial charge in [0.1, 0.15) is 5.82 Å². The average molecular weight is 252 g/mol. The fourth-order valence-corrected chi connectivity index (χ4v) is 1.26. The lowest BCUT2D eigenvalue weighted by Gasteiger charge is -2.11. The summed E-state index contributed by atoms with van der Waals surface area (Å²) in [5.74, 6) is -2.62. The van der Waals surface area contributed by atoms with Gasteiger partial charge < -0.3 is 16.2 Å². The molecule has 6 heteroatoms. The summed E-state index contributed by atoms with van der Waals surface area (Å²) >= 11 is 0. The molecule has 0 fully saturated rings. The SMILES string of the molecule is C=CCC(N)C(=O)Nc1ccc(C(=O)O)cc1F. The summed E-state index contributed by atoms with van der Waals surface area (Å²) in [6.45, 7) is 3.44. The van der Waals surface area contributed by atoms with E-state index in [0.717, 1.165) is 6.07 Å². The Morgan fingerprint density at radius 1 is 1.56 bits per heavy atom. The minimum absolute atomic E-state index is 0.107. The number of nitrogens with two attached hydrogens (primary N) is 1. The second-order valence-corrected chi connectivity index (χ2v) is 3.62. The lowest BCUT2D eigenvalue weighted by atomic mass is 10.1. The van der Waals surface area contributed by atoms with Crippen molar-refractivity contribution >= 4 is 17.6 Å². The number of nitrogens with one attached hydrogen (secondary N) is 1. The lowest BCUT2D eigenvalue weighted by Crippen LogP contribution is -2.35. The van der Waals surface area contributed by atoms with E-state index in [9.17, 15) is 14.0 Å². The summed E-state index contributed by atoms with van der Waals surface area (Å²) in [7, 11) is 0. The molecule has 1 unspecified atom stereocenters. The van der Waals surface area contributed by atoms with E-state index in [1.807, 2.05) is 0 Å². The molecule has 4 N–H and O–H groups in total. The standard InChI is InChI=1S/C12H13FN2O3/c1-2-3-9(14)11(16)15-10-5-4-7(12(17)18)6-8(10)13/h2,4-6,9H,1,3,14H2,(H,15,16)(H,17,18). The predicted octanol–water partition coefficient (Wildman–Crippen LogP) is 1.37. The Morgan fingerprint density at radius 3 is 2.72 bits per heavy atom. The zero-order chi connectivity index (χ0) is 13.7. The van der Waals surface area contributed by atoms with Crippen molar-refractivity contribution in [2.24, 2.45) is 5.73 Å². The molecule has 0 saturated heterocycles. The molecule has 0 aliphatic rings. The van der Waals surface area contributed by atoms with Gasteiger partial charge in [-0.2, -0.15) is 0 Å². The van der Waals surface area contributed by atoms with Gasteiger partial charge in [0.05, 0.1) is 17.3 Å². The Kier molecular flexibility index (Phi) is 4.56. The summed E-state index contributed by atoms with van der Waals surface area (Å²) < 4.78 is 13.5. The third-order valence-electron chi connectivity index (χ3n) is 2.23. The maximum Gasteiger partial charge on any atom is 0.335 e. The molecule has 0 aliphatic carbocycles. The maximum absolute atomic E-state index is 13.5. The number of carboxylic acid groups (broad SMARTS) is 1. The Balaban J connectivity index is 2.82. The van der Waals surface area contributed by atoms with Gasteiger partial charge in [0.25, 0.3) is 0 Å². The third-order valence-corrected chi connectivity index (χ3v) is 2.23. The van der Waals surface area contributed by atoms with Crippen LogP contribution in [0.2, 0.25) is 0 Å². The van der Waals surface area contributed by atoms with Gasteiger partial charge in [0, 0.05) is 0 Å². The minimum Gasteiger partial charge on any atom is -0.478 e. The summed E-state index contributed by atoms with van der Waals surface area (Å²) in [4.78, 5) is 22.1. The van der Waals surface area contributed by atoms with Crippen molar-refractivity contribution in [3.63, 3.8) is 0 Å². The molecule has 5 nitrogen and oxygen atoms in total. The van der Waals surface area contributed by atoms with E-state index in [1.54, 1.807) is 0 Å². The Bertz CT molecular complexity index is 488. The van der Waals surface area contributed by atoms with Crippen molar-refractivity contribution < 1.29 is 19.1 Å². The van der Waals surface area contributed by atoms with Crippen molar-refractivity contribution in [1.29, 1.82) is 0 Å². The number of rotatable bonds is 5. The van der Waals surface area contributed by atoms with Crippen LogP contribution in [0.3, 0.4) is 0 Å². The van der Waals surface area contributed by atoms with Crippen molar-refractivity contribution in [3.8, 4) is 0 Å². The largest absolute Gasteiger partial charge is 0.478 e. The van der Waals surface area contributed by atoms with E-state index >= 15 is 0 Å². The summed E-state index contributed by atoms with van der Waals surface area (Å²) in [5, 5.41) is 10.9.